The molecule has 2 unspecified atom stereocenters. The maximum absolute atomic E-state index is 12.6. The zero-order valence-corrected chi connectivity index (χ0v) is 15.1. The van der Waals surface area contributed by atoms with Gasteiger partial charge in [0.15, 0.2) is 9.84 Å². The average Bonchev–Trinajstić information content (AvgIpc) is 3.24. The second-order valence-corrected chi connectivity index (χ2v) is 9.91. The van der Waals surface area contributed by atoms with Crippen LogP contribution in [0, 0.1) is 0 Å². The summed E-state index contributed by atoms with van der Waals surface area (Å²) in [5.74, 6) is 0.0922. The van der Waals surface area contributed by atoms with E-state index in [1.54, 1.807) is 0 Å². The molecule has 1 saturated carbocycles. The highest BCUT2D eigenvalue weighted by Crippen LogP contribution is 2.30. The highest BCUT2D eigenvalue weighted by Gasteiger charge is 2.38. The van der Waals surface area contributed by atoms with Gasteiger partial charge < -0.3 is 9.80 Å². The minimum Gasteiger partial charge on any atom is -0.338 e. The standard InChI is InChI=1S/C17H30N2O3S/c1-18-11-4-8-15(18)16-9-5-12-19(16)17(20)10-13-23(21,22)14-6-2-3-7-14/h14-16H,2-13H2,1H3. The van der Waals surface area contributed by atoms with E-state index < -0.39 is 9.84 Å². The molecule has 2 aliphatic heterocycles. The summed E-state index contributed by atoms with van der Waals surface area (Å²) in [4.78, 5) is 17.0. The van der Waals surface area contributed by atoms with Crippen LogP contribution in [0.2, 0.25) is 0 Å². The summed E-state index contributed by atoms with van der Waals surface area (Å²) >= 11 is 0. The second kappa shape index (κ2) is 7.09. The summed E-state index contributed by atoms with van der Waals surface area (Å²) in [6, 6.07) is 0.761. The molecule has 0 radical (unpaired) electrons. The fourth-order valence-electron chi connectivity index (χ4n) is 4.71. The Hall–Kier alpha value is -0.620. The van der Waals surface area contributed by atoms with Crippen molar-refractivity contribution in [2.75, 3.05) is 25.9 Å². The van der Waals surface area contributed by atoms with Crippen molar-refractivity contribution in [2.24, 2.45) is 0 Å². The number of likely N-dealkylation sites (N-methyl/N-ethyl adjacent to an activating group) is 1. The van der Waals surface area contributed by atoms with Crippen molar-refractivity contribution in [2.45, 2.75) is 75.1 Å². The largest absolute Gasteiger partial charge is 0.338 e. The Morgan fingerprint density at radius 1 is 0.957 bits per heavy atom. The molecule has 23 heavy (non-hydrogen) atoms. The van der Waals surface area contributed by atoms with E-state index in [1.165, 1.54) is 6.42 Å². The summed E-state index contributed by atoms with van der Waals surface area (Å²) in [7, 11) is -0.948. The molecule has 0 aromatic heterocycles. The highest BCUT2D eigenvalue weighted by molar-refractivity contribution is 7.92. The zero-order valence-electron chi connectivity index (χ0n) is 14.2. The highest BCUT2D eigenvalue weighted by atomic mass is 32.2. The number of sulfone groups is 1. The molecule has 1 aliphatic carbocycles. The number of hydrogen-bond donors (Lipinski definition) is 0. The minimum absolute atomic E-state index is 0.0419. The molecule has 0 spiro atoms. The predicted octanol–water partition coefficient (Wildman–Crippen LogP) is 1.82. The monoisotopic (exact) mass is 342 g/mol. The molecule has 1 amide bonds. The lowest BCUT2D eigenvalue weighted by Crippen LogP contribution is -2.47. The third-order valence-corrected chi connectivity index (χ3v) is 8.31. The van der Waals surface area contributed by atoms with Crippen LogP contribution in [0.4, 0.5) is 0 Å². The lowest BCUT2D eigenvalue weighted by molar-refractivity contribution is -0.132. The van der Waals surface area contributed by atoms with Crippen molar-refractivity contribution in [3.05, 3.63) is 0 Å². The van der Waals surface area contributed by atoms with Gasteiger partial charge in [-0.15, -0.1) is 0 Å². The molecular formula is C17H30N2O3S. The van der Waals surface area contributed by atoms with Crippen LogP contribution in [-0.2, 0) is 14.6 Å². The third kappa shape index (κ3) is 3.73. The fourth-order valence-corrected chi connectivity index (χ4v) is 6.56. The van der Waals surface area contributed by atoms with Crippen molar-refractivity contribution >= 4 is 15.7 Å². The maximum Gasteiger partial charge on any atom is 0.223 e. The predicted molar refractivity (Wildman–Crippen MR) is 91.0 cm³/mol. The van der Waals surface area contributed by atoms with Crippen LogP contribution in [0.25, 0.3) is 0 Å². The van der Waals surface area contributed by atoms with Gasteiger partial charge in [0.05, 0.1) is 11.0 Å². The topological polar surface area (TPSA) is 57.7 Å². The van der Waals surface area contributed by atoms with E-state index in [4.69, 9.17) is 0 Å². The molecule has 2 heterocycles. The summed E-state index contributed by atoms with van der Waals surface area (Å²) in [6.07, 6.45) is 8.25. The van der Waals surface area contributed by atoms with Gasteiger partial charge in [-0.25, -0.2) is 8.42 Å². The van der Waals surface area contributed by atoms with E-state index in [-0.39, 0.29) is 23.3 Å². The Morgan fingerprint density at radius 2 is 1.61 bits per heavy atom. The number of nitrogens with zero attached hydrogens (tertiary/aromatic N) is 2. The number of rotatable bonds is 5. The summed E-state index contributed by atoms with van der Waals surface area (Å²) < 4.78 is 24.7. The quantitative estimate of drug-likeness (QED) is 0.765. The molecule has 132 valence electrons. The summed E-state index contributed by atoms with van der Waals surface area (Å²) in [6.45, 7) is 1.91. The first-order chi connectivity index (χ1) is 11.0. The van der Waals surface area contributed by atoms with Crippen LogP contribution in [0.15, 0.2) is 0 Å². The van der Waals surface area contributed by atoms with Gasteiger partial charge in [-0.1, -0.05) is 12.8 Å². The van der Waals surface area contributed by atoms with Gasteiger partial charge in [-0.05, 0) is 52.1 Å². The smallest absolute Gasteiger partial charge is 0.223 e. The molecule has 3 fully saturated rings. The molecule has 5 nitrogen and oxygen atoms in total. The van der Waals surface area contributed by atoms with Crippen LogP contribution >= 0.6 is 0 Å². The van der Waals surface area contributed by atoms with Crippen LogP contribution < -0.4 is 0 Å². The Kier molecular flexibility index (Phi) is 5.31. The van der Waals surface area contributed by atoms with Crippen molar-refractivity contribution in [1.29, 1.82) is 0 Å². The molecule has 6 heteroatoms. The van der Waals surface area contributed by atoms with Crippen LogP contribution in [-0.4, -0.2) is 67.3 Å². The van der Waals surface area contributed by atoms with Crippen LogP contribution in [0.5, 0.6) is 0 Å². The fraction of sp³-hybridized carbons (Fsp3) is 0.941. The SMILES string of the molecule is CN1CCCC1C1CCCN1C(=O)CCS(=O)(=O)C1CCCC1. The number of likely N-dealkylation sites (tertiary alicyclic amines) is 2. The second-order valence-electron chi connectivity index (χ2n) is 7.51. The van der Waals surface area contributed by atoms with E-state index >= 15 is 0 Å². The molecule has 0 aromatic carbocycles. The Balaban J connectivity index is 1.57. The molecule has 0 bridgehead atoms. The number of amides is 1. The van der Waals surface area contributed by atoms with Gasteiger partial charge in [-0.2, -0.15) is 0 Å². The minimum atomic E-state index is -3.09. The van der Waals surface area contributed by atoms with Crippen molar-refractivity contribution in [3.8, 4) is 0 Å². The first kappa shape index (κ1) is 17.2. The van der Waals surface area contributed by atoms with Gasteiger partial charge in [-0.3, -0.25) is 4.79 Å². The Bertz CT molecular complexity index is 528. The first-order valence-corrected chi connectivity index (χ1v) is 10.9. The lowest BCUT2D eigenvalue weighted by atomic mass is 10.0. The lowest BCUT2D eigenvalue weighted by Gasteiger charge is -2.33. The summed E-state index contributed by atoms with van der Waals surface area (Å²) in [5.41, 5.74) is 0. The van der Waals surface area contributed by atoms with Crippen LogP contribution in [0.3, 0.4) is 0 Å². The van der Waals surface area contributed by atoms with E-state index in [2.05, 4.69) is 11.9 Å². The number of carbonyl (C=O) groups is 1. The van der Waals surface area contributed by atoms with Gasteiger partial charge in [0.25, 0.3) is 0 Å². The average molecular weight is 343 g/mol. The molecule has 3 aliphatic rings. The Morgan fingerprint density at radius 3 is 2.26 bits per heavy atom. The van der Waals surface area contributed by atoms with E-state index in [9.17, 15) is 13.2 Å². The van der Waals surface area contributed by atoms with Crippen molar-refractivity contribution in [1.82, 2.24) is 9.80 Å². The van der Waals surface area contributed by atoms with Gasteiger partial charge >= 0.3 is 0 Å². The van der Waals surface area contributed by atoms with Gasteiger partial charge in [0, 0.05) is 25.0 Å². The van der Waals surface area contributed by atoms with Gasteiger partial charge in [0.1, 0.15) is 0 Å². The third-order valence-electron chi connectivity index (χ3n) is 6.05. The summed E-state index contributed by atoms with van der Waals surface area (Å²) in [5, 5.41) is -0.189. The molecule has 2 saturated heterocycles. The molecule has 0 N–H and O–H groups in total. The molecule has 3 rings (SSSR count). The van der Waals surface area contributed by atoms with Gasteiger partial charge in [0.2, 0.25) is 5.91 Å². The molecule has 0 aromatic rings. The first-order valence-electron chi connectivity index (χ1n) is 9.20. The van der Waals surface area contributed by atoms with Crippen molar-refractivity contribution < 1.29 is 13.2 Å². The van der Waals surface area contributed by atoms with E-state index in [1.807, 2.05) is 4.90 Å². The normalized spacial score (nSPS) is 30.4. The zero-order chi connectivity index (χ0) is 16.4. The molecular weight excluding hydrogens is 312 g/mol. The van der Waals surface area contributed by atoms with E-state index in [0.717, 1.165) is 58.0 Å². The molecule has 2 atom stereocenters. The van der Waals surface area contributed by atoms with Crippen LogP contribution in [0.1, 0.15) is 57.8 Å². The maximum atomic E-state index is 12.6. The van der Waals surface area contributed by atoms with Crippen molar-refractivity contribution in [3.63, 3.8) is 0 Å². The number of carbonyl (C=O) groups excluding carboxylic acids is 1. The van der Waals surface area contributed by atoms with E-state index in [0.29, 0.717) is 12.1 Å². The number of hydrogen-bond acceptors (Lipinski definition) is 4. The Labute approximate surface area is 140 Å².